The summed E-state index contributed by atoms with van der Waals surface area (Å²) < 4.78 is 1.79. The number of hydrogen-bond acceptors (Lipinski definition) is 2. The van der Waals surface area contributed by atoms with Gasteiger partial charge < -0.3 is 5.73 Å². The van der Waals surface area contributed by atoms with Crippen LogP contribution in [0.4, 0.5) is 5.82 Å². The molecule has 0 aliphatic rings. The van der Waals surface area contributed by atoms with E-state index in [0.29, 0.717) is 5.82 Å². The molecule has 13 heavy (non-hydrogen) atoms. The van der Waals surface area contributed by atoms with Gasteiger partial charge in [0.05, 0.1) is 9.99 Å². The number of anilines is 1. The van der Waals surface area contributed by atoms with Crippen molar-refractivity contribution in [3.05, 3.63) is 33.2 Å². The molecule has 0 radical (unpaired) electrons. The highest BCUT2D eigenvalue weighted by atomic mass is 79.9. The third-order valence-electron chi connectivity index (χ3n) is 1.78. The predicted octanol–water partition coefficient (Wildman–Crippen LogP) is 3.34. The Balaban J connectivity index is 2.89. The van der Waals surface area contributed by atoms with Crippen molar-refractivity contribution in [2.45, 2.75) is 0 Å². The molecule has 0 saturated heterocycles. The minimum Gasteiger partial charge on any atom is -0.383 e. The van der Waals surface area contributed by atoms with E-state index in [4.69, 9.17) is 5.73 Å². The fourth-order valence-electron chi connectivity index (χ4n) is 1.15. The van der Waals surface area contributed by atoms with Crippen molar-refractivity contribution in [1.29, 1.82) is 0 Å². The normalized spacial score (nSPS) is 10.6. The van der Waals surface area contributed by atoms with Gasteiger partial charge in [0.2, 0.25) is 0 Å². The molecule has 0 bridgehead atoms. The zero-order chi connectivity index (χ0) is 9.42. The third-order valence-corrected chi connectivity index (χ3v) is 3.05. The predicted molar refractivity (Wildman–Crippen MR) is 61.6 cm³/mol. The number of hydrogen-bond donors (Lipinski definition) is 1. The number of nitrogens with zero attached hydrogens (tertiary/aromatic N) is 1. The van der Waals surface area contributed by atoms with E-state index in [1.54, 1.807) is 0 Å². The highest BCUT2D eigenvalue weighted by Gasteiger charge is 2.03. The van der Waals surface area contributed by atoms with E-state index in [-0.39, 0.29) is 0 Å². The van der Waals surface area contributed by atoms with Crippen molar-refractivity contribution >= 4 is 48.6 Å². The monoisotopic (exact) mass is 300 g/mol. The van der Waals surface area contributed by atoms with Crippen molar-refractivity contribution in [2.75, 3.05) is 5.73 Å². The summed E-state index contributed by atoms with van der Waals surface area (Å²) >= 11 is 6.76. The maximum Gasteiger partial charge on any atom is 0.138 e. The summed E-state index contributed by atoms with van der Waals surface area (Å²) in [5.41, 5.74) is 6.57. The molecule has 2 aromatic rings. The smallest absolute Gasteiger partial charge is 0.138 e. The topological polar surface area (TPSA) is 38.9 Å². The Morgan fingerprint density at radius 3 is 2.69 bits per heavy atom. The zero-order valence-corrected chi connectivity index (χ0v) is 9.76. The van der Waals surface area contributed by atoms with Crippen LogP contribution in [0.15, 0.2) is 33.2 Å². The van der Waals surface area contributed by atoms with Crippen LogP contribution < -0.4 is 5.73 Å². The van der Waals surface area contributed by atoms with Gasteiger partial charge in [-0.25, -0.2) is 4.98 Å². The summed E-state index contributed by atoms with van der Waals surface area (Å²) in [5, 5.41) is 1.07. The van der Waals surface area contributed by atoms with E-state index >= 15 is 0 Å². The molecule has 0 fully saturated rings. The van der Waals surface area contributed by atoms with Crippen LogP contribution in [0.5, 0.6) is 0 Å². The quantitative estimate of drug-likeness (QED) is 0.810. The molecule has 1 aromatic heterocycles. The lowest BCUT2D eigenvalue weighted by Crippen LogP contribution is -1.92. The first-order chi connectivity index (χ1) is 6.18. The summed E-state index contributed by atoms with van der Waals surface area (Å²) in [5.74, 6) is 0.513. The molecule has 0 atom stereocenters. The molecular formula is C9H6Br2N2. The first-order valence-corrected chi connectivity index (χ1v) is 5.27. The molecule has 1 aromatic carbocycles. The van der Waals surface area contributed by atoms with Crippen LogP contribution >= 0.6 is 31.9 Å². The maximum absolute atomic E-state index is 5.68. The van der Waals surface area contributed by atoms with Gasteiger partial charge in [-0.3, -0.25) is 0 Å². The summed E-state index contributed by atoms with van der Waals surface area (Å²) in [6, 6.07) is 7.87. The van der Waals surface area contributed by atoms with Crippen LogP contribution in [0.25, 0.3) is 10.9 Å². The van der Waals surface area contributed by atoms with Gasteiger partial charge in [-0.2, -0.15) is 0 Å². The molecular weight excluding hydrogens is 296 g/mol. The molecule has 2 N–H and O–H groups in total. The van der Waals surface area contributed by atoms with Crippen molar-refractivity contribution < 1.29 is 0 Å². The second kappa shape index (κ2) is 3.27. The standard InChI is InChI=1S/C9H6Br2N2/c10-6-3-1-2-5-4-7(11)9(12)13-8(5)6/h1-4H,(H2,12,13). The number of pyridine rings is 1. The minimum absolute atomic E-state index is 0.513. The molecule has 1 heterocycles. The van der Waals surface area contributed by atoms with Crippen LogP contribution in [-0.2, 0) is 0 Å². The van der Waals surface area contributed by atoms with E-state index in [0.717, 1.165) is 19.8 Å². The summed E-state index contributed by atoms with van der Waals surface area (Å²) in [4.78, 5) is 4.26. The lowest BCUT2D eigenvalue weighted by molar-refractivity contribution is 1.38. The molecule has 66 valence electrons. The molecule has 0 saturated carbocycles. The number of halogens is 2. The Hall–Kier alpha value is -0.610. The van der Waals surface area contributed by atoms with Gasteiger partial charge in [0.25, 0.3) is 0 Å². The fraction of sp³-hybridized carbons (Fsp3) is 0. The van der Waals surface area contributed by atoms with E-state index in [1.807, 2.05) is 24.3 Å². The van der Waals surface area contributed by atoms with Gasteiger partial charge in [0.1, 0.15) is 5.82 Å². The largest absolute Gasteiger partial charge is 0.383 e. The number of para-hydroxylation sites is 1. The molecule has 0 amide bonds. The number of rotatable bonds is 0. The second-order valence-corrected chi connectivity index (χ2v) is 4.38. The Labute approximate surface area is 92.4 Å². The Kier molecular flexibility index (Phi) is 2.26. The van der Waals surface area contributed by atoms with Gasteiger partial charge in [0, 0.05) is 9.86 Å². The Morgan fingerprint density at radius 2 is 1.92 bits per heavy atom. The molecule has 2 nitrogen and oxygen atoms in total. The number of nitrogens with two attached hydrogens (primary N) is 1. The maximum atomic E-state index is 5.68. The van der Waals surface area contributed by atoms with E-state index in [2.05, 4.69) is 36.8 Å². The van der Waals surface area contributed by atoms with Gasteiger partial charge in [-0.1, -0.05) is 12.1 Å². The molecule has 0 unspecified atom stereocenters. The highest BCUT2D eigenvalue weighted by Crippen LogP contribution is 2.27. The van der Waals surface area contributed by atoms with Gasteiger partial charge in [0.15, 0.2) is 0 Å². The lowest BCUT2D eigenvalue weighted by Gasteiger charge is -2.02. The fourth-order valence-corrected chi connectivity index (χ4v) is 1.96. The SMILES string of the molecule is Nc1nc2c(Br)cccc2cc1Br. The van der Waals surface area contributed by atoms with Crippen LogP contribution in [0.2, 0.25) is 0 Å². The number of nitrogen functional groups attached to an aromatic ring is 1. The van der Waals surface area contributed by atoms with Crippen molar-refractivity contribution in [3.63, 3.8) is 0 Å². The molecule has 2 rings (SSSR count). The zero-order valence-electron chi connectivity index (χ0n) is 6.59. The molecule has 4 heteroatoms. The van der Waals surface area contributed by atoms with Crippen molar-refractivity contribution in [2.24, 2.45) is 0 Å². The Morgan fingerprint density at radius 1 is 1.15 bits per heavy atom. The van der Waals surface area contributed by atoms with Crippen LogP contribution in [-0.4, -0.2) is 4.98 Å². The summed E-state index contributed by atoms with van der Waals surface area (Å²) in [6.07, 6.45) is 0. The average molecular weight is 302 g/mol. The lowest BCUT2D eigenvalue weighted by atomic mass is 10.2. The van der Waals surface area contributed by atoms with Crippen LogP contribution in [0.1, 0.15) is 0 Å². The number of fused-ring (bicyclic) bond motifs is 1. The average Bonchev–Trinajstić information content (AvgIpc) is 2.09. The van der Waals surface area contributed by atoms with Gasteiger partial charge >= 0.3 is 0 Å². The molecule has 0 aliphatic carbocycles. The molecule has 0 spiro atoms. The van der Waals surface area contributed by atoms with E-state index in [1.165, 1.54) is 0 Å². The van der Waals surface area contributed by atoms with Crippen LogP contribution in [0, 0.1) is 0 Å². The van der Waals surface area contributed by atoms with Crippen molar-refractivity contribution in [3.8, 4) is 0 Å². The first kappa shape index (κ1) is 8.97. The summed E-state index contributed by atoms with van der Waals surface area (Å²) in [7, 11) is 0. The number of aromatic nitrogens is 1. The first-order valence-electron chi connectivity index (χ1n) is 3.69. The Bertz CT molecular complexity index is 468. The van der Waals surface area contributed by atoms with E-state index in [9.17, 15) is 0 Å². The van der Waals surface area contributed by atoms with Crippen molar-refractivity contribution in [1.82, 2.24) is 4.98 Å². The highest BCUT2D eigenvalue weighted by molar-refractivity contribution is 9.11. The number of benzene rings is 1. The third kappa shape index (κ3) is 1.56. The summed E-state index contributed by atoms with van der Waals surface area (Å²) in [6.45, 7) is 0. The second-order valence-electron chi connectivity index (χ2n) is 2.67. The van der Waals surface area contributed by atoms with Gasteiger partial charge in [-0.05, 0) is 44.0 Å². The van der Waals surface area contributed by atoms with Crippen LogP contribution in [0.3, 0.4) is 0 Å². The minimum atomic E-state index is 0.513. The molecule has 0 aliphatic heterocycles. The van der Waals surface area contributed by atoms with E-state index < -0.39 is 0 Å². The van der Waals surface area contributed by atoms with Gasteiger partial charge in [-0.15, -0.1) is 0 Å².